The predicted octanol–water partition coefficient (Wildman–Crippen LogP) is 2.92. The molecule has 0 aliphatic heterocycles. The second-order valence-electron chi connectivity index (χ2n) is 4.67. The summed E-state index contributed by atoms with van der Waals surface area (Å²) in [5.41, 5.74) is 2.98. The Morgan fingerprint density at radius 1 is 1.19 bits per heavy atom. The van der Waals surface area contributed by atoms with Gasteiger partial charge < -0.3 is 5.32 Å². The van der Waals surface area contributed by atoms with Crippen LogP contribution >= 0.6 is 11.3 Å². The molecule has 21 heavy (non-hydrogen) atoms. The molecule has 0 saturated heterocycles. The quantitative estimate of drug-likeness (QED) is 0.787. The molecule has 1 aromatic carbocycles. The van der Waals surface area contributed by atoms with Gasteiger partial charge in [0, 0.05) is 29.9 Å². The third-order valence-corrected chi connectivity index (χ3v) is 3.92. The molecule has 0 unspecified atom stereocenters. The molecule has 5 heteroatoms. The van der Waals surface area contributed by atoms with Gasteiger partial charge in [0.1, 0.15) is 0 Å². The minimum absolute atomic E-state index is 0.0369. The molecule has 4 nitrogen and oxygen atoms in total. The van der Waals surface area contributed by atoms with E-state index in [4.69, 9.17) is 0 Å². The lowest BCUT2D eigenvalue weighted by Crippen LogP contribution is -2.23. The topological polar surface area (TPSA) is 46.9 Å². The van der Waals surface area contributed by atoms with Crippen LogP contribution in [-0.4, -0.2) is 15.7 Å². The van der Waals surface area contributed by atoms with Crippen LogP contribution in [0, 0.1) is 0 Å². The molecular formula is C16H15N3OS. The Labute approximate surface area is 127 Å². The number of aromatic nitrogens is 2. The number of hydrogen-bond donors (Lipinski definition) is 1. The Hall–Kier alpha value is -2.40. The molecule has 0 aliphatic carbocycles. The van der Waals surface area contributed by atoms with E-state index < -0.39 is 0 Å². The van der Waals surface area contributed by atoms with Crippen LogP contribution < -0.4 is 5.32 Å². The summed E-state index contributed by atoms with van der Waals surface area (Å²) in [6, 6.07) is 11.8. The van der Waals surface area contributed by atoms with Gasteiger partial charge in [0.2, 0.25) is 0 Å². The zero-order valence-electron chi connectivity index (χ0n) is 11.4. The smallest absolute Gasteiger partial charge is 0.252 e. The summed E-state index contributed by atoms with van der Waals surface area (Å²) in [4.78, 5) is 12.0. The van der Waals surface area contributed by atoms with Crippen LogP contribution in [0.15, 0.2) is 59.6 Å². The average molecular weight is 297 g/mol. The van der Waals surface area contributed by atoms with Gasteiger partial charge in [-0.2, -0.15) is 16.4 Å². The number of thiophene rings is 1. The van der Waals surface area contributed by atoms with Crippen LogP contribution in [0.25, 0.3) is 0 Å². The number of benzene rings is 1. The molecule has 0 radical (unpaired) electrons. The summed E-state index contributed by atoms with van der Waals surface area (Å²) in [6.45, 7) is 1.23. The van der Waals surface area contributed by atoms with Crippen molar-refractivity contribution in [1.82, 2.24) is 15.1 Å². The van der Waals surface area contributed by atoms with Gasteiger partial charge in [-0.15, -0.1) is 0 Å². The first-order valence-electron chi connectivity index (χ1n) is 6.67. The van der Waals surface area contributed by atoms with Crippen molar-refractivity contribution in [3.8, 4) is 0 Å². The maximum atomic E-state index is 12.0. The highest BCUT2D eigenvalue weighted by Crippen LogP contribution is 2.11. The highest BCUT2D eigenvalue weighted by atomic mass is 32.1. The van der Waals surface area contributed by atoms with Crippen molar-refractivity contribution in [2.75, 3.05) is 0 Å². The number of nitrogens with one attached hydrogen (secondary N) is 1. The van der Waals surface area contributed by atoms with Crippen molar-refractivity contribution in [3.63, 3.8) is 0 Å². The molecule has 0 fully saturated rings. The number of carbonyl (C=O) groups is 1. The van der Waals surface area contributed by atoms with Crippen molar-refractivity contribution in [2.45, 2.75) is 13.1 Å². The lowest BCUT2D eigenvalue weighted by molar-refractivity contribution is 0.0951. The van der Waals surface area contributed by atoms with Gasteiger partial charge in [-0.3, -0.25) is 9.48 Å². The van der Waals surface area contributed by atoms with E-state index in [9.17, 15) is 4.79 Å². The second-order valence-corrected chi connectivity index (χ2v) is 5.45. The summed E-state index contributed by atoms with van der Waals surface area (Å²) < 4.78 is 1.87. The van der Waals surface area contributed by atoms with E-state index >= 15 is 0 Å². The number of carbonyl (C=O) groups excluding carboxylic acids is 1. The molecule has 3 rings (SSSR count). The van der Waals surface area contributed by atoms with Crippen LogP contribution in [0.1, 0.15) is 21.5 Å². The SMILES string of the molecule is O=C(NCc1ccccc1Cn1cccn1)c1ccsc1. The molecule has 106 valence electrons. The van der Waals surface area contributed by atoms with Gasteiger partial charge in [0.05, 0.1) is 6.54 Å². The van der Waals surface area contributed by atoms with E-state index in [1.165, 1.54) is 11.3 Å². The lowest BCUT2D eigenvalue weighted by atomic mass is 10.1. The summed E-state index contributed by atoms with van der Waals surface area (Å²) >= 11 is 1.52. The van der Waals surface area contributed by atoms with Gasteiger partial charge >= 0.3 is 0 Å². The molecule has 1 amide bonds. The fourth-order valence-electron chi connectivity index (χ4n) is 2.12. The van der Waals surface area contributed by atoms with E-state index in [-0.39, 0.29) is 5.91 Å². The number of rotatable bonds is 5. The third kappa shape index (κ3) is 3.38. The molecule has 2 heterocycles. The summed E-state index contributed by atoms with van der Waals surface area (Å²) in [5.74, 6) is -0.0369. The zero-order chi connectivity index (χ0) is 14.5. The minimum Gasteiger partial charge on any atom is -0.348 e. The zero-order valence-corrected chi connectivity index (χ0v) is 12.2. The van der Waals surface area contributed by atoms with E-state index in [2.05, 4.69) is 16.5 Å². The lowest BCUT2D eigenvalue weighted by Gasteiger charge is -2.10. The standard InChI is InChI=1S/C16H15N3OS/c20-16(15-6-9-21-12-15)17-10-13-4-1-2-5-14(13)11-19-8-3-7-18-19/h1-9,12H,10-11H2,(H,17,20). The fraction of sp³-hybridized carbons (Fsp3) is 0.125. The van der Waals surface area contributed by atoms with Crippen LogP contribution in [0.2, 0.25) is 0 Å². The summed E-state index contributed by atoms with van der Waals surface area (Å²) in [5, 5.41) is 10.9. The molecule has 0 spiro atoms. The highest BCUT2D eigenvalue weighted by molar-refractivity contribution is 7.08. The van der Waals surface area contributed by atoms with Gasteiger partial charge in [-0.05, 0) is 28.6 Å². The number of hydrogen-bond acceptors (Lipinski definition) is 3. The first-order chi connectivity index (χ1) is 10.3. The van der Waals surface area contributed by atoms with Crippen molar-refractivity contribution >= 4 is 17.2 Å². The monoisotopic (exact) mass is 297 g/mol. The van der Waals surface area contributed by atoms with Crippen molar-refractivity contribution in [3.05, 3.63) is 76.2 Å². The molecule has 3 aromatic rings. The Balaban J connectivity index is 1.69. The first kappa shape index (κ1) is 13.6. The van der Waals surface area contributed by atoms with Crippen LogP contribution in [0.4, 0.5) is 0 Å². The Morgan fingerprint density at radius 2 is 2.05 bits per heavy atom. The largest absolute Gasteiger partial charge is 0.348 e. The molecule has 0 bridgehead atoms. The van der Waals surface area contributed by atoms with Gasteiger partial charge in [-0.1, -0.05) is 24.3 Å². The van der Waals surface area contributed by atoms with Gasteiger partial charge in [0.15, 0.2) is 0 Å². The van der Waals surface area contributed by atoms with E-state index in [0.717, 1.165) is 11.1 Å². The highest BCUT2D eigenvalue weighted by Gasteiger charge is 2.07. The predicted molar refractivity (Wildman–Crippen MR) is 83.3 cm³/mol. The van der Waals surface area contributed by atoms with Crippen LogP contribution in [0.3, 0.4) is 0 Å². The number of nitrogens with zero attached hydrogens (tertiary/aromatic N) is 2. The Bertz CT molecular complexity index is 705. The molecule has 0 saturated carbocycles. The fourth-order valence-corrected chi connectivity index (χ4v) is 2.76. The van der Waals surface area contributed by atoms with Crippen LogP contribution in [0.5, 0.6) is 0 Å². The maximum Gasteiger partial charge on any atom is 0.252 e. The van der Waals surface area contributed by atoms with E-state index in [0.29, 0.717) is 18.7 Å². The molecule has 0 atom stereocenters. The van der Waals surface area contributed by atoms with Crippen molar-refractivity contribution < 1.29 is 4.79 Å². The van der Waals surface area contributed by atoms with Crippen molar-refractivity contribution in [2.24, 2.45) is 0 Å². The second kappa shape index (κ2) is 6.37. The third-order valence-electron chi connectivity index (χ3n) is 3.23. The van der Waals surface area contributed by atoms with Crippen molar-refractivity contribution in [1.29, 1.82) is 0 Å². The minimum atomic E-state index is -0.0369. The molecule has 2 aromatic heterocycles. The maximum absolute atomic E-state index is 12.0. The van der Waals surface area contributed by atoms with Gasteiger partial charge in [0.25, 0.3) is 5.91 Å². The average Bonchev–Trinajstić information content (AvgIpc) is 3.19. The Kier molecular flexibility index (Phi) is 4.12. The van der Waals surface area contributed by atoms with E-state index in [1.807, 2.05) is 52.0 Å². The molecular weight excluding hydrogens is 282 g/mol. The first-order valence-corrected chi connectivity index (χ1v) is 7.62. The van der Waals surface area contributed by atoms with Crippen LogP contribution in [-0.2, 0) is 13.1 Å². The number of amides is 1. The summed E-state index contributed by atoms with van der Waals surface area (Å²) in [6.07, 6.45) is 3.70. The molecule has 0 aliphatic rings. The van der Waals surface area contributed by atoms with E-state index in [1.54, 1.807) is 6.20 Å². The normalized spacial score (nSPS) is 10.5. The molecule has 1 N–H and O–H groups in total. The summed E-state index contributed by atoms with van der Waals surface area (Å²) in [7, 11) is 0. The van der Waals surface area contributed by atoms with Gasteiger partial charge in [-0.25, -0.2) is 0 Å². The Morgan fingerprint density at radius 3 is 2.76 bits per heavy atom.